The zero-order valence-corrected chi connectivity index (χ0v) is 15.8. The van der Waals surface area contributed by atoms with E-state index in [4.69, 9.17) is 4.74 Å². The predicted octanol–water partition coefficient (Wildman–Crippen LogP) is 1.27. The summed E-state index contributed by atoms with van der Waals surface area (Å²) >= 11 is 2.03. The highest BCUT2D eigenvalue weighted by Gasteiger charge is 2.21. The molecule has 0 aromatic carbocycles. The van der Waals surface area contributed by atoms with Gasteiger partial charge in [-0.15, -0.1) is 0 Å². The van der Waals surface area contributed by atoms with Crippen LogP contribution >= 0.6 is 11.8 Å². The lowest BCUT2D eigenvalue weighted by Gasteiger charge is -2.34. The van der Waals surface area contributed by atoms with Crippen LogP contribution in [0.4, 0.5) is 0 Å². The first kappa shape index (κ1) is 20.1. The molecule has 0 spiro atoms. The summed E-state index contributed by atoms with van der Waals surface area (Å²) in [6, 6.07) is 0. The number of carbonyl (C=O) groups excluding carboxylic acids is 1. The number of nitrogens with zero attached hydrogens (tertiary/aromatic N) is 3. The van der Waals surface area contributed by atoms with Gasteiger partial charge < -0.3 is 19.9 Å². The Bertz CT molecular complexity index is 377. The van der Waals surface area contributed by atoms with Crippen LogP contribution in [-0.2, 0) is 9.53 Å². The first-order chi connectivity index (χ1) is 11.1. The Kier molecular flexibility index (Phi) is 10.1. The number of rotatable bonds is 8. The fourth-order valence-corrected chi connectivity index (χ4v) is 3.41. The first-order valence-corrected chi connectivity index (χ1v) is 9.56. The number of ether oxygens (including phenoxy) is 1. The normalized spacial score (nSPS) is 18.9. The van der Waals surface area contributed by atoms with Gasteiger partial charge in [0.15, 0.2) is 5.96 Å². The molecule has 1 rings (SSSR count). The van der Waals surface area contributed by atoms with Crippen LogP contribution in [0.25, 0.3) is 0 Å². The topological polar surface area (TPSA) is 57.2 Å². The third-order valence-corrected chi connectivity index (χ3v) is 5.08. The van der Waals surface area contributed by atoms with Crippen LogP contribution in [0.2, 0.25) is 0 Å². The first-order valence-electron chi connectivity index (χ1n) is 8.51. The molecular formula is C16H32N4O2S. The lowest BCUT2D eigenvalue weighted by molar-refractivity contribution is -0.127. The van der Waals surface area contributed by atoms with E-state index < -0.39 is 0 Å². The number of amides is 1. The SMILES string of the molecule is CCOCCCNC(=NCC(=O)N(C)C)N1CCSC(CC)C1. The van der Waals surface area contributed by atoms with E-state index in [0.717, 1.165) is 57.4 Å². The summed E-state index contributed by atoms with van der Waals surface area (Å²) in [4.78, 5) is 20.2. The zero-order chi connectivity index (χ0) is 17.1. The molecule has 134 valence electrons. The maximum Gasteiger partial charge on any atom is 0.243 e. The van der Waals surface area contributed by atoms with Gasteiger partial charge in [-0.1, -0.05) is 6.92 Å². The van der Waals surface area contributed by atoms with Crippen LogP contribution in [0, 0.1) is 0 Å². The zero-order valence-electron chi connectivity index (χ0n) is 15.0. The van der Waals surface area contributed by atoms with Gasteiger partial charge in [0.1, 0.15) is 6.54 Å². The Labute approximate surface area is 145 Å². The summed E-state index contributed by atoms with van der Waals surface area (Å²) in [5.74, 6) is 1.99. The van der Waals surface area contributed by atoms with Gasteiger partial charge >= 0.3 is 0 Å². The van der Waals surface area contributed by atoms with Crippen LogP contribution in [0.15, 0.2) is 4.99 Å². The second-order valence-corrected chi connectivity index (χ2v) is 7.16. The number of nitrogens with one attached hydrogen (secondary N) is 1. The third kappa shape index (κ3) is 7.92. The minimum absolute atomic E-state index is 0.0250. The van der Waals surface area contributed by atoms with Crippen molar-refractivity contribution in [1.29, 1.82) is 0 Å². The van der Waals surface area contributed by atoms with Crippen molar-refractivity contribution in [2.75, 3.05) is 59.2 Å². The quantitative estimate of drug-likeness (QED) is 0.408. The molecule has 6 nitrogen and oxygen atoms in total. The van der Waals surface area contributed by atoms with Gasteiger partial charge in [0.25, 0.3) is 0 Å². The van der Waals surface area contributed by atoms with Crippen molar-refractivity contribution in [2.45, 2.75) is 31.9 Å². The highest BCUT2D eigenvalue weighted by Crippen LogP contribution is 2.21. The highest BCUT2D eigenvalue weighted by molar-refractivity contribution is 8.00. The van der Waals surface area contributed by atoms with E-state index in [2.05, 4.69) is 22.1 Å². The van der Waals surface area contributed by atoms with E-state index in [1.807, 2.05) is 18.7 Å². The maximum absolute atomic E-state index is 11.8. The van der Waals surface area contributed by atoms with E-state index in [9.17, 15) is 4.79 Å². The highest BCUT2D eigenvalue weighted by atomic mass is 32.2. The molecule has 0 radical (unpaired) electrons. The van der Waals surface area contributed by atoms with E-state index in [1.165, 1.54) is 0 Å². The minimum atomic E-state index is 0.0250. The number of carbonyl (C=O) groups is 1. The number of hydrogen-bond donors (Lipinski definition) is 1. The third-order valence-electron chi connectivity index (χ3n) is 3.71. The van der Waals surface area contributed by atoms with Crippen molar-refractivity contribution < 1.29 is 9.53 Å². The molecule has 1 N–H and O–H groups in total. The Morgan fingerprint density at radius 3 is 2.87 bits per heavy atom. The summed E-state index contributed by atoms with van der Waals surface area (Å²) in [5.41, 5.74) is 0. The Hall–Kier alpha value is -0.950. The standard InChI is InChI=1S/C16H32N4O2S/c1-5-14-13-20(9-11-23-14)16(17-8-7-10-22-6-2)18-12-15(21)19(3)4/h14H,5-13H2,1-4H3,(H,17,18). The van der Waals surface area contributed by atoms with E-state index in [1.54, 1.807) is 19.0 Å². The number of thioether (sulfide) groups is 1. The smallest absolute Gasteiger partial charge is 0.243 e. The van der Waals surface area contributed by atoms with Gasteiger partial charge in [-0.2, -0.15) is 11.8 Å². The molecule has 1 heterocycles. The molecule has 1 atom stereocenters. The molecule has 1 aliphatic rings. The Morgan fingerprint density at radius 2 is 2.22 bits per heavy atom. The molecule has 0 aromatic heterocycles. The van der Waals surface area contributed by atoms with Crippen molar-refractivity contribution in [3.8, 4) is 0 Å². The number of likely N-dealkylation sites (N-methyl/N-ethyl adjacent to an activating group) is 1. The predicted molar refractivity (Wildman–Crippen MR) is 98.2 cm³/mol. The molecule has 1 aliphatic heterocycles. The van der Waals surface area contributed by atoms with E-state index in [-0.39, 0.29) is 12.5 Å². The van der Waals surface area contributed by atoms with Crippen LogP contribution in [0.3, 0.4) is 0 Å². The lowest BCUT2D eigenvalue weighted by Crippen LogP contribution is -2.48. The number of hydrogen-bond acceptors (Lipinski definition) is 4. The molecule has 0 bridgehead atoms. The van der Waals surface area contributed by atoms with Crippen molar-refractivity contribution >= 4 is 23.6 Å². The number of aliphatic imine (C=N–C) groups is 1. The maximum atomic E-state index is 11.8. The van der Waals surface area contributed by atoms with E-state index >= 15 is 0 Å². The van der Waals surface area contributed by atoms with Gasteiger partial charge in [0.05, 0.1) is 0 Å². The fraction of sp³-hybridized carbons (Fsp3) is 0.875. The molecule has 1 unspecified atom stereocenters. The summed E-state index contributed by atoms with van der Waals surface area (Å²) in [7, 11) is 3.52. The van der Waals surface area contributed by atoms with Crippen molar-refractivity contribution in [3.05, 3.63) is 0 Å². The molecule has 1 fully saturated rings. The van der Waals surface area contributed by atoms with Crippen LogP contribution in [-0.4, -0.2) is 86.2 Å². The minimum Gasteiger partial charge on any atom is -0.382 e. The molecule has 0 aromatic rings. The van der Waals surface area contributed by atoms with Crippen molar-refractivity contribution in [2.24, 2.45) is 4.99 Å². The summed E-state index contributed by atoms with van der Waals surface area (Å²) in [6.45, 7) is 8.72. The molecule has 1 amide bonds. The van der Waals surface area contributed by atoms with Gasteiger partial charge in [0, 0.05) is 57.9 Å². The van der Waals surface area contributed by atoms with Gasteiger partial charge in [-0.3, -0.25) is 4.79 Å². The largest absolute Gasteiger partial charge is 0.382 e. The molecular weight excluding hydrogens is 312 g/mol. The lowest BCUT2D eigenvalue weighted by atomic mass is 10.3. The second kappa shape index (κ2) is 11.6. The summed E-state index contributed by atoms with van der Waals surface area (Å²) in [6.07, 6.45) is 2.10. The number of guanidine groups is 1. The molecule has 23 heavy (non-hydrogen) atoms. The van der Waals surface area contributed by atoms with Crippen LogP contribution in [0.5, 0.6) is 0 Å². The average Bonchev–Trinajstić information content (AvgIpc) is 2.56. The van der Waals surface area contributed by atoms with Gasteiger partial charge in [-0.05, 0) is 19.8 Å². The molecule has 7 heteroatoms. The van der Waals surface area contributed by atoms with Crippen LogP contribution < -0.4 is 5.32 Å². The Balaban J connectivity index is 2.59. The summed E-state index contributed by atoms with van der Waals surface area (Å²) < 4.78 is 5.37. The molecule has 1 saturated heterocycles. The average molecular weight is 345 g/mol. The molecule has 0 aliphatic carbocycles. The van der Waals surface area contributed by atoms with Crippen LogP contribution in [0.1, 0.15) is 26.7 Å². The Morgan fingerprint density at radius 1 is 1.43 bits per heavy atom. The summed E-state index contributed by atoms with van der Waals surface area (Å²) in [5, 5.41) is 4.05. The van der Waals surface area contributed by atoms with E-state index in [0.29, 0.717) is 5.25 Å². The molecule has 0 saturated carbocycles. The van der Waals surface area contributed by atoms with Gasteiger partial charge in [0.2, 0.25) is 5.91 Å². The van der Waals surface area contributed by atoms with Crippen molar-refractivity contribution in [3.63, 3.8) is 0 Å². The second-order valence-electron chi connectivity index (χ2n) is 5.75. The monoisotopic (exact) mass is 344 g/mol. The van der Waals surface area contributed by atoms with Gasteiger partial charge in [-0.25, -0.2) is 4.99 Å². The van der Waals surface area contributed by atoms with Crippen molar-refractivity contribution in [1.82, 2.24) is 15.1 Å². The fourth-order valence-electron chi connectivity index (χ4n) is 2.23.